The molecule has 0 fully saturated rings. The molecule has 0 amide bonds. The minimum atomic E-state index is -0.246. The van der Waals surface area contributed by atoms with Crippen molar-refractivity contribution in [1.82, 2.24) is 9.97 Å². The molecule has 0 aliphatic carbocycles. The van der Waals surface area contributed by atoms with Crippen molar-refractivity contribution in [2.45, 2.75) is 10.8 Å². The number of aromatic nitrogens is 2. The summed E-state index contributed by atoms with van der Waals surface area (Å²) in [5.41, 5.74) is 2.78. The number of nitrogens with zero attached hydrogens (tertiary/aromatic N) is 3. The molecule has 0 atom stereocenters. The highest BCUT2D eigenvalue weighted by Crippen LogP contribution is 2.28. The lowest BCUT2D eigenvalue weighted by molar-refractivity contribution is 0.617. The van der Waals surface area contributed by atoms with Crippen LogP contribution in [0.3, 0.4) is 0 Å². The smallest absolute Gasteiger partial charge is 0.127 e. The SMILES string of the molecule is N#Cc1ccc(-c2ccncc2)nc1SCc1ccccc1F. The molecular formula is C18H12FN3S. The molecule has 0 unspecified atom stereocenters. The van der Waals surface area contributed by atoms with Crippen LogP contribution in [0.15, 0.2) is 66.0 Å². The van der Waals surface area contributed by atoms with E-state index in [4.69, 9.17) is 0 Å². The van der Waals surface area contributed by atoms with Gasteiger partial charge in [0.25, 0.3) is 0 Å². The van der Waals surface area contributed by atoms with E-state index >= 15 is 0 Å². The lowest BCUT2D eigenvalue weighted by atomic mass is 10.1. The molecule has 3 aromatic rings. The van der Waals surface area contributed by atoms with Gasteiger partial charge in [0.2, 0.25) is 0 Å². The third kappa shape index (κ3) is 3.55. The molecule has 0 spiro atoms. The fraction of sp³-hybridized carbons (Fsp3) is 0.0556. The first-order valence-electron chi connectivity index (χ1n) is 6.95. The summed E-state index contributed by atoms with van der Waals surface area (Å²) in [6.07, 6.45) is 3.39. The van der Waals surface area contributed by atoms with Crippen molar-refractivity contribution in [2.24, 2.45) is 0 Å². The molecule has 112 valence electrons. The van der Waals surface area contributed by atoms with Gasteiger partial charge in [-0.1, -0.05) is 18.2 Å². The summed E-state index contributed by atoms with van der Waals surface area (Å²) in [5.74, 6) is 0.178. The Hall–Kier alpha value is -2.71. The Labute approximate surface area is 137 Å². The second kappa shape index (κ2) is 7.03. The maximum Gasteiger partial charge on any atom is 0.127 e. The molecule has 2 heterocycles. The second-order valence-corrected chi connectivity index (χ2v) is 5.74. The van der Waals surface area contributed by atoms with E-state index in [1.165, 1.54) is 17.8 Å². The minimum absolute atomic E-state index is 0.246. The van der Waals surface area contributed by atoms with Crippen LogP contribution in [-0.4, -0.2) is 9.97 Å². The summed E-state index contributed by atoms with van der Waals surface area (Å²) in [6, 6.07) is 16.0. The Morgan fingerprint density at radius 3 is 2.57 bits per heavy atom. The Morgan fingerprint density at radius 1 is 1.04 bits per heavy atom. The van der Waals surface area contributed by atoms with Gasteiger partial charge in [0, 0.05) is 23.7 Å². The normalized spacial score (nSPS) is 10.3. The van der Waals surface area contributed by atoms with Gasteiger partial charge >= 0.3 is 0 Å². The number of hydrogen-bond acceptors (Lipinski definition) is 4. The molecule has 0 aliphatic heterocycles. The van der Waals surface area contributed by atoms with E-state index in [0.29, 0.717) is 21.9 Å². The maximum absolute atomic E-state index is 13.7. The molecule has 0 saturated carbocycles. The predicted molar refractivity (Wildman–Crippen MR) is 88.1 cm³/mol. The van der Waals surface area contributed by atoms with Crippen molar-refractivity contribution in [3.63, 3.8) is 0 Å². The Morgan fingerprint density at radius 2 is 1.83 bits per heavy atom. The zero-order valence-electron chi connectivity index (χ0n) is 12.1. The van der Waals surface area contributed by atoms with Gasteiger partial charge in [-0.2, -0.15) is 5.26 Å². The number of rotatable bonds is 4. The van der Waals surface area contributed by atoms with Gasteiger partial charge in [-0.15, -0.1) is 11.8 Å². The van der Waals surface area contributed by atoms with Gasteiger partial charge in [-0.25, -0.2) is 9.37 Å². The van der Waals surface area contributed by atoms with Crippen LogP contribution in [0.4, 0.5) is 4.39 Å². The zero-order valence-corrected chi connectivity index (χ0v) is 12.9. The van der Waals surface area contributed by atoms with Gasteiger partial charge in [0.1, 0.15) is 16.9 Å². The van der Waals surface area contributed by atoms with Crippen LogP contribution in [0.5, 0.6) is 0 Å². The Balaban J connectivity index is 1.89. The van der Waals surface area contributed by atoms with Crippen LogP contribution < -0.4 is 0 Å². The fourth-order valence-corrected chi connectivity index (χ4v) is 3.04. The number of pyridine rings is 2. The van der Waals surface area contributed by atoms with Gasteiger partial charge in [0.15, 0.2) is 0 Å². The summed E-state index contributed by atoms with van der Waals surface area (Å²) in [5, 5.41) is 9.85. The van der Waals surface area contributed by atoms with Crippen molar-refractivity contribution >= 4 is 11.8 Å². The third-order valence-corrected chi connectivity index (χ3v) is 4.32. The molecule has 1 aromatic carbocycles. The van der Waals surface area contributed by atoms with Crippen molar-refractivity contribution in [3.8, 4) is 17.3 Å². The topological polar surface area (TPSA) is 49.6 Å². The van der Waals surface area contributed by atoms with Gasteiger partial charge in [0.05, 0.1) is 11.3 Å². The predicted octanol–water partition coefficient (Wildman–Crippen LogP) is 4.45. The highest BCUT2D eigenvalue weighted by Gasteiger charge is 2.09. The van der Waals surface area contributed by atoms with Crippen LogP contribution in [0, 0.1) is 17.1 Å². The Bertz CT molecular complexity index is 860. The quantitative estimate of drug-likeness (QED) is 0.666. The lowest BCUT2D eigenvalue weighted by Gasteiger charge is -2.07. The molecular weight excluding hydrogens is 309 g/mol. The van der Waals surface area contributed by atoms with E-state index in [0.717, 1.165) is 11.3 Å². The summed E-state index contributed by atoms with van der Waals surface area (Å²) >= 11 is 1.36. The Kier molecular flexibility index (Phi) is 4.65. The molecule has 2 aromatic heterocycles. The van der Waals surface area contributed by atoms with Crippen LogP contribution in [0.25, 0.3) is 11.3 Å². The third-order valence-electron chi connectivity index (χ3n) is 3.28. The van der Waals surface area contributed by atoms with E-state index in [-0.39, 0.29) is 5.82 Å². The number of halogens is 1. The van der Waals surface area contributed by atoms with Gasteiger partial charge < -0.3 is 0 Å². The molecule has 3 nitrogen and oxygen atoms in total. The maximum atomic E-state index is 13.7. The van der Waals surface area contributed by atoms with Crippen molar-refractivity contribution in [1.29, 1.82) is 5.26 Å². The number of benzene rings is 1. The summed E-state index contributed by atoms with van der Waals surface area (Å²) < 4.78 is 13.7. The first-order valence-corrected chi connectivity index (χ1v) is 7.94. The number of hydrogen-bond donors (Lipinski definition) is 0. The molecule has 0 bridgehead atoms. The van der Waals surface area contributed by atoms with Gasteiger partial charge in [-0.05, 0) is 35.9 Å². The van der Waals surface area contributed by atoms with E-state index in [1.54, 1.807) is 42.7 Å². The van der Waals surface area contributed by atoms with E-state index in [2.05, 4.69) is 16.0 Å². The van der Waals surface area contributed by atoms with E-state index < -0.39 is 0 Å². The van der Waals surface area contributed by atoms with Crippen LogP contribution >= 0.6 is 11.8 Å². The monoisotopic (exact) mass is 321 g/mol. The standard InChI is InChI=1S/C18H12FN3S/c19-16-4-2-1-3-15(16)12-23-18-14(11-20)5-6-17(22-18)13-7-9-21-10-8-13/h1-10H,12H2. The van der Waals surface area contributed by atoms with E-state index in [1.807, 2.05) is 12.1 Å². The second-order valence-electron chi connectivity index (χ2n) is 4.78. The number of nitriles is 1. The first kappa shape index (κ1) is 15.2. The lowest BCUT2D eigenvalue weighted by Crippen LogP contribution is -1.93. The van der Waals surface area contributed by atoms with Crippen LogP contribution in [0.1, 0.15) is 11.1 Å². The average molecular weight is 321 g/mol. The fourth-order valence-electron chi connectivity index (χ4n) is 2.08. The first-order chi connectivity index (χ1) is 11.3. The molecule has 0 radical (unpaired) electrons. The van der Waals surface area contributed by atoms with E-state index in [9.17, 15) is 9.65 Å². The molecule has 5 heteroatoms. The van der Waals surface area contributed by atoms with Crippen LogP contribution in [-0.2, 0) is 5.75 Å². The summed E-state index contributed by atoms with van der Waals surface area (Å²) in [7, 11) is 0. The largest absolute Gasteiger partial charge is 0.265 e. The van der Waals surface area contributed by atoms with Crippen molar-refractivity contribution < 1.29 is 4.39 Å². The van der Waals surface area contributed by atoms with Crippen LogP contribution in [0.2, 0.25) is 0 Å². The summed E-state index contributed by atoms with van der Waals surface area (Å²) in [4.78, 5) is 8.53. The average Bonchev–Trinajstić information content (AvgIpc) is 2.61. The molecule has 0 saturated heterocycles. The van der Waals surface area contributed by atoms with Crippen molar-refractivity contribution in [3.05, 3.63) is 77.9 Å². The molecule has 23 heavy (non-hydrogen) atoms. The zero-order chi connectivity index (χ0) is 16.1. The van der Waals surface area contributed by atoms with Gasteiger partial charge in [-0.3, -0.25) is 4.98 Å². The molecule has 0 N–H and O–H groups in total. The van der Waals surface area contributed by atoms with Crippen molar-refractivity contribution in [2.75, 3.05) is 0 Å². The minimum Gasteiger partial charge on any atom is -0.265 e. The number of thioether (sulfide) groups is 1. The highest BCUT2D eigenvalue weighted by atomic mass is 32.2. The summed E-state index contributed by atoms with van der Waals surface area (Å²) in [6.45, 7) is 0. The molecule has 0 aliphatic rings. The molecule has 3 rings (SSSR count). The highest BCUT2D eigenvalue weighted by molar-refractivity contribution is 7.98.